The van der Waals surface area contributed by atoms with E-state index in [-0.39, 0.29) is 30.5 Å². The van der Waals surface area contributed by atoms with E-state index in [9.17, 15) is 14.0 Å². The van der Waals surface area contributed by atoms with Gasteiger partial charge in [-0.3, -0.25) is 9.59 Å². The highest BCUT2D eigenvalue weighted by atomic mass is 32.1. The largest absolute Gasteiger partial charge is 0.497 e. The van der Waals surface area contributed by atoms with Crippen molar-refractivity contribution in [1.29, 1.82) is 0 Å². The summed E-state index contributed by atoms with van der Waals surface area (Å²) < 4.78 is 19.6. The van der Waals surface area contributed by atoms with Gasteiger partial charge >= 0.3 is 0 Å². The fourth-order valence-corrected chi connectivity index (χ4v) is 4.48. The van der Waals surface area contributed by atoms with Crippen molar-refractivity contribution in [2.45, 2.75) is 19.4 Å². The lowest BCUT2D eigenvalue weighted by atomic mass is 10.0. The van der Waals surface area contributed by atoms with Crippen LogP contribution >= 0.6 is 11.3 Å². The van der Waals surface area contributed by atoms with E-state index in [4.69, 9.17) is 4.74 Å². The van der Waals surface area contributed by atoms with Crippen LogP contribution in [-0.2, 0) is 4.79 Å². The van der Waals surface area contributed by atoms with Crippen LogP contribution < -0.4 is 10.1 Å². The van der Waals surface area contributed by atoms with E-state index in [1.54, 1.807) is 13.2 Å². The molecule has 1 unspecified atom stereocenters. The van der Waals surface area contributed by atoms with Crippen LogP contribution in [0.1, 0.15) is 35.3 Å². The number of methoxy groups -OCH3 is 1. The second-order valence-corrected chi connectivity index (χ2v) is 8.99. The van der Waals surface area contributed by atoms with E-state index in [0.29, 0.717) is 15.9 Å². The van der Waals surface area contributed by atoms with Crippen LogP contribution in [0.15, 0.2) is 78.9 Å². The molecule has 1 N–H and O–H groups in total. The molecule has 2 amide bonds. The Bertz CT molecular complexity index is 1350. The normalized spacial score (nSPS) is 11.5. The summed E-state index contributed by atoms with van der Waals surface area (Å²) in [5.41, 5.74) is 1.67. The molecular formula is C27H25FN4O3S. The molecule has 9 heteroatoms. The van der Waals surface area contributed by atoms with E-state index < -0.39 is 11.7 Å². The summed E-state index contributed by atoms with van der Waals surface area (Å²) in [6.45, 7) is 1.95. The van der Waals surface area contributed by atoms with E-state index in [1.807, 2.05) is 61.5 Å². The number of benzene rings is 3. The van der Waals surface area contributed by atoms with E-state index in [2.05, 4.69) is 15.5 Å². The summed E-state index contributed by atoms with van der Waals surface area (Å²) in [4.78, 5) is 27.5. The molecule has 0 aliphatic rings. The van der Waals surface area contributed by atoms with E-state index in [0.717, 1.165) is 11.1 Å². The van der Waals surface area contributed by atoms with Gasteiger partial charge in [-0.2, -0.15) is 0 Å². The zero-order chi connectivity index (χ0) is 25.5. The molecule has 36 heavy (non-hydrogen) atoms. The molecule has 0 spiro atoms. The maximum absolute atomic E-state index is 14.4. The van der Waals surface area contributed by atoms with Gasteiger partial charge in [0.1, 0.15) is 16.6 Å². The molecule has 1 aromatic heterocycles. The predicted molar refractivity (Wildman–Crippen MR) is 137 cm³/mol. The van der Waals surface area contributed by atoms with Crippen molar-refractivity contribution in [3.8, 4) is 16.3 Å². The van der Waals surface area contributed by atoms with Crippen LogP contribution in [0.4, 0.5) is 9.52 Å². The Balaban J connectivity index is 1.46. The fraction of sp³-hybridized carbons (Fsp3) is 0.185. The van der Waals surface area contributed by atoms with Gasteiger partial charge in [-0.1, -0.05) is 65.9 Å². The van der Waals surface area contributed by atoms with Crippen molar-refractivity contribution in [2.24, 2.45) is 0 Å². The number of aromatic nitrogens is 2. The molecule has 0 saturated heterocycles. The lowest BCUT2D eigenvalue weighted by molar-refractivity contribution is -0.116. The van der Waals surface area contributed by atoms with Gasteiger partial charge < -0.3 is 15.0 Å². The zero-order valence-electron chi connectivity index (χ0n) is 19.8. The minimum absolute atomic E-state index is 0.00540. The first-order valence-electron chi connectivity index (χ1n) is 11.3. The molecule has 0 fully saturated rings. The zero-order valence-corrected chi connectivity index (χ0v) is 20.7. The first kappa shape index (κ1) is 25.0. The third-order valence-electron chi connectivity index (χ3n) is 5.68. The molecule has 0 bridgehead atoms. The minimum Gasteiger partial charge on any atom is -0.497 e. The highest BCUT2D eigenvalue weighted by molar-refractivity contribution is 7.18. The van der Waals surface area contributed by atoms with Crippen molar-refractivity contribution < 1.29 is 18.7 Å². The van der Waals surface area contributed by atoms with Crippen molar-refractivity contribution in [1.82, 2.24) is 15.1 Å². The monoisotopic (exact) mass is 504 g/mol. The molecule has 0 radical (unpaired) electrons. The van der Waals surface area contributed by atoms with Gasteiger partial charge in [-0.15, -0.1) is 10.2 Å². The number of hydrogen-bond acceptors (Lipinski definition) is 6. The number of halogens is 1. The molecule has 1 atom stereocenters. The second-order valence-electron chi connectivity index (χ2n) is 8.01. The average Bonchev–Trinajstić information content (AvgIpc) is 3.37. The lowest BCUT2D eigenvalue weighted by Gasteiger charge is -2.30. The van der Waals surface area contributed by atoms with Crippen molar-refractivity contribution >= 4 is 28.3 Å². The topological polar surface area (TPSA) is 84.4 Å². The van der Waals surface area contributed by atoms with Gasteiger partial charge in [0.2, 0.25) is 11.0 Å². The molecule has 7 nitrogen and oxygen atoms in total. The van der Waals surface area contributed by atoms with Crippen LogP contribution in [0.2, 0.25) is 0 Å². The number of nitrogens with one attached hydrogen (secondary N) is 1. The Morgan fingerprint density at radius 3 is 2.53 bits per heavy atom. The number of ether oxygens (including phenoxy) is 1. The van der Waals surface area contributed by atoms with Gasteiger partial charge in [0, 0.05) is 18.5 Å². The highest BCUT2D eigenvalue weighted by Gasteiger charge is 2.25. The molecule has 4 rings (SSSR count). The highest BCUT2D eigenvalue weighted by Crippen LogP contribution is 2.29. The molecule has 0 aliphatic carbocycles. The van der Waals surface area contributed by atoms with Gasteiger partial charge in [0.05, 0.1) is 18.7 Å². The maximum Gasteiger partial charge on any atom is 0.257 e. The number of hydrogen-bond donors (Lipinski definition) is 1. The van der Waals surface area contributed by atoms with Gasteiger partial charge in [0.15, 0.2) is 0 Å². The summed E-state index contributed by atoms with van der Waals surface area (Å²) in [5.74, 6) is -0.708. The maximum atomic E-state index is 14.4. The molecular weight excluding hydrogens is 479 g/mol. The van der Waals surface area contributed by atoms with Crippen LogP contribution in [0.5, 0.6) is 5.75 Å². The standard InChI is InChI=1S/C27H25FN4O3S/c1-18(19-9-4-3-5-10-19)32(26(34)22-13-6-7-14-23(22)28)16-15-24(33)29-27-31-30-25(36-27)20-11-8-12-21(17-20)35-2/h3-14,17-18H,15-16H2,1-2H3,(H,29,31,33). The number of amides is 2. The quantitative estimate of drug-likeness (QED) is 0.321. The van der Waals surface area contributed by atoms with Crippen LogP contribution in [0.3, 0.4) is 0 Å². The summed E-state index contributed by atoms with van der Waals surface area (Å²) in [5, 5.41) is 11.9. The number of carbonyl (C=O) groups is 2. The molecule has 4 aromatic rings. The lowest BCUT2D eigenvalue weighted by Crippen LogP contribution is -2.36. The number of carbonyl (C=O) groups excluding carboxylic acids is 2. The summed E-state index contributed by atoms with van der Waals surface area (Å²) in [6.07, 6.45) is 0.00540. The third-order valence-corrected chi connectivity index (χ3v) is 6.57. The Morgan fingerprint density at radius 2 is 1.78 bits per heavy atom. The van der Waals surface area contributed by atoms with E-state index in [1.165, 1.54) is 34.4 Å². The number of nitrogens with zero attached hydrogens (tertiary/aromatic N) is 3. The van der Waals surface area contributed by atoms with Crippen molar-refractivity contribution in [3.63, 3.8) is 0 Å². The SMILES string of the molecule is COc1cccc(-c2nnc(NC(=O)CCN(C(=O)c3ccccc3F)C(C)c3ccccc3)s2)c1. The predicted octanol–water partition coefficient (Wildman–Crippen LogP) is 5.59. The van der Waals surface area contributed by atoms with Crippen LogP contribution in [0, 0.1) is 5.82 Å². The Hall–Kier alpha value is -4.11. The summed E-state index contributed by atoms with van der Waals surface area (Å²) in [7, 11) is 1.59. The Kier molecular flexibility index (Phi) is 8.02. The Morgan fingerprint density at radius 1 is 1.03 bits per heavy atom. The summed E-state index contributed by atoms with van der Waals surface area (Å²) in [6, 6.07) is 22.3. The van der Waals surface area contributed by atoms with Gasteiger partial charge in [-0.25, -0.2) is 4.39 Å². The first-order chi connectivity index (χ1) is 17.5. The first-order valence-corrected chi connectivity index (χ1v) is 12.2. The minimum atomic E-state index is -0.601. The smallest absolute Gasteiger partial charge is 0.257 e. The number of anilines is 1. The van der Waals surface area contributed by atoms with Crippen molar-refractivity contribution in [3.05, 3.63) is 95.8 Å². The van der Waals surface area contributed by atoms with Crippen LogP contribution in [-0.4, -0.2) is 40.6 Å². The number of rotatable bonds is 9. The second kappa shape index (κ2) is 11.5. The van der Waals surface area contributed by atoms with E-state index >= 15 is 0 Å². The fourth-order valence-electron chi connectivity index (χ4n) is 3.72. The molecule has 0 saturated carbocycles. The third kappa shape index (κ3) is 5.92. The Labute approximate surface area is 212 Å². The van der Waals surface area contributed by atoms with Gasteiger partial charge in [-0.05, 0) is 36.8 Å². The molecule has 1 heterocycles. The van der Waals surface area contributed by atoms with Crippen molar-refractivity contribution in [2.75, 3.05) is 19.0 Å². The average molecular weight is 505 g/mol. The van der Waals surface area contributed by atoms with Crippen LogP contribution in [0.25, 0.3) is 10.6 Å². The molecule has 184 valence electrons. The molecule has 0 aliphatic heterocycles. The summed E-state index contributed by atoms with van der Waals surface area (Å²) >= 11 is 1.24. The molecule has 3 aromatic carbocycles. The van der Waals surface area contributed by atoms with Gasteiger partial charge in [0.25, 0.3) is 5.91 Å².